The monoisotopic (exact) mass is 160 g/mol. The van der Waals surface area contributed by atoms with Crippen LogP contribution in [0.25, 0.3) is 0 Å². The van der Waals surface area contributed by atoms with E-state index in [9.17, 15) is 5.11 Å². The van der Waals surface area contributed by atoms with Gasteiger partial charge in [-0.15, -0.1) is 0 Å². The number of aliphatic hydroxyl groups is 2. The largest absolute Gasteiger partial charge is 0.396 e. The van der Waals surface area contributed by atoms with E-state index < -0.39 is 0 Å². The van der Waals surface area contributed by atoms with Crippen LogP contribution in [-0.2, 0) is 4.74 Å². The van der Waals surface area contributed by atoms with Gasteiger partial charge >= 0.3 is 0 Å². The molecule has 0 aromatic carbocycles. The lowest BCUT2D eigenvalue weighted by atomic mass is 10.1. The Kier molecular flexibility index (Phi) is 3.83. The molecule has 2 unspecified atom stereocenters. The second-order valence-corrected chi connectivity index (χ2v) is 3.06. The average molecular weight is 160 g/mol. The molecule has 0 aromatic rings. The quantitative estimate of drug-likeness (QED) is 0.434. The van der Waals surface area contributed by atoms with E-state index >= 15 is 0 Å². The van der Waals surface area contributed by atoms with E-state index in [4.69, 9.17) is 9.84 Å². The average Bonchev–Trinajstić information content (AvgIpc) is 2.72. The van der Waals surface area contributed by atoms with E-state index in [0.717, 1.165) is 32.3 Å². The zero-order valence-electron chi connectivity index (χ0n) is 6.70. The molecule has 2 atom stereocenters. The SMILES string of the molecule is OCCCCC(O)CC1CO1. The molecule has 3 nitrogen and oxygen atoms in total. The van der Waals surface area contributed by atoms with Crippen molar-refractivity contribution in [3.05, 3.63) is 0 Å². The minimum atomic E-state index is -0.228. The fraction of sp³-hybridized carbons (Fsp3) is 1.00. The van der Waals surface area contributed by atoms with Crippen molar-refractivity contribution in [2.75, 3.05) is 13.2 Å². The van der Waals surface area contributed by atoms with Crippen molar-refractivity contribution in [3.63, 3.8) is 0 Å². The number of aliphatic hydroxyl groups excluding tert-OH is 2. The summed E-state index contributed by atoms with van der Waals surface area (Å²) in [7, 11) is 0. The second kappa shape index (κ2) is 4.70. The van der Waals surface area contributed by atoms with Crippen LogP contribution >= 0.6 is 0 Å². The van der Waals surface area contributed by atoms with Crippen molar-refractivity contribution in [2.24, 2.45) is 0 Å². The molecule has 1 aliphatic rings. The van der Waals surface area contributed by atoms with E-state index in [2.05, 4.69) is 0 Å². The molecule has 1 rings (SSSR count). The van der Waals surface area contributed by atoms with Gasteiger partial charge in [-0.2, -0.15) is 0 Å². The molecule has 11 heavy (non-hydrogen) atoms. The first-order chi connectivity index (χ1) is 5.33. The lowest BCUT2D eigenvalue weighted by Gasteiger charge is -2.06. The highest BCUT2D eigenvalue weighted by molar-refractivity contribution is 4.73. The maximum absolute atomic E-state index is 9.32. The Morgan fingerprint density at radius 1 is 1.45 bits per heavy atom. The van der Waals surface area contributed by atoms with Gasteiger partial charge in [-0.3, -0.25) is 0 Å². The lowest BCUT2D eigenvalue weighted by Crippen LogP contribution is -2.09. The fourth-order valence-corrected chi connectivity index (χ4v) is 1.12. The highest BCUT2D eigenvalue weighted by Gasteiger charge is 2.25. The van der Waals surface area contributed by atoms with Crippen LogP contribution in [0, 0.1) is 0 Å². The molecular weight excluding hydrogens is 144 g/mol. The molecule has 0 aliphatic carbocycles. The van der Waals surface area contributed by atoms with Crippen LogP contribution in [0.1, 0.15) is 25.7 Å². The standard InChI is InChI=1S/C8H16O3/c9-4-2-1-3-7(10)5-8-6-11-8/h7-10H,1-6H2. The first kappa shape index (κ1) is 8.97. The van der Waals surface area contributed by atoms with Crippen molar-refractivity contribution in [1.29, 1.82) is 0 Å². The Morgan fingerprint density at radius 2 is 2.18 bits per heavy atom. The van der Waals surface area contributed by atoms with Crippen molar-refractivity contribution in [3.8, 4) is 0 Å². The Bertz CT molecular complexity index is 102. The van der Waals surface area contributed by atoms with Crippen molar-refractivity contribution >= 4 is 0 Å². The zero-order valence-corrected chi connectivity index (χ0v) is 6.70. The van der Waals surface area contributed by atoms with E-state index in [1.807, 2.05) is 0 Å². The summed E-state index contributed by atoms with van der Waals surface area (Å²) in [5.41, 5.74) is 0. The molecule has 1 heterocycles. The lowest BCUT2D eigenvalue weighted by molar-refractivity contribution is 0.136. The smallest absolute Gasteiger partial charge is 0.0834 e. The number of hydrogen-bond donors (Lipinski definition) is 2. The summed E-state index contributed by atoms with van der Waals surface area (Å²) >= 11 is 0. The Morgan fingerprint density at radius 3 is 2.73 bits per heavy atom. The molecule has 1 fully saturated rings. The summed E-state index contributed by atoms with van der Waals surface area (Å²) in [6.45, 7) is 1.05. The molecule has 0 amide bonds. The maximum Gasteiger partial charge on any atom is 0.0834 e. The zero-order chi connectivity index (χ0) is 8.10. The third-order valence-electron chi connectivity index (χ3n) is 1.88. The summed E-state index contributed by atoms with van der Waals surface area (Å²) < 4.78 is 4.98. The van der Waals surface area contributed by atoms with Gasteiger partial charge in [0.05, 0.1) is 18.8 Å². The predicted molar refractivity (Wildman–Crippen MR) is 41.3 cm³/mol. The van der Waals surface area contributed by atoms with E-state index in [-0.39, 0.29) is 12.7 Å². The highest BCUT2D eigenvalue weighted by Crippen LogP contribution is 2.17. The van der Waals surface area contributed by atoms with Crippen LogP contribution < -0.4 is 0 Å². The molecule has 66 valence electrons. The number of unbranched alkanes of at least 4 members (excludes halogenated alkanes) is 1. The predicted octanol–water partition coefficient (Wildman–Crippen LogP) is 0.299. The van der Waals surface area contributed by atoms with Gasteiger partial charge in [0.25, 0.3) is 0 Å². The molecule has 0 bridgehead atoms. The molecule has 0 spiro atoms. The van der Waals surface area contributed by atoms with Gasteiger partial charge in [-0.25, -0.2) is 0 Å². The molecule has 2 N–H and O–H groups in total. The summed E-state index contributed by atoms with van der Waals surface area (Å²) in [6, 6.07) is 0. The third kappa shape index (κ3) is 4.35. The Labute approximate surface area is 67.0 Å². The van der Waals surface area contributed by atoms with Crippen LogP contribution in [0.2, 0.25) is 0 Å². The summed E-state index contributed by atoms with van der Waals surface area (Å²) in [4.78, 5) is 0. The van der Waals surface area contributed by atoms with Gasteiger partial charge in [-0.05, 0) is 19.3 Å². The second-order valence-electron chi connectivity index (χ2n) is 3.06. The van der Waals surface area contributed by atoms with E-state index in [1.54, 1.807) is 0 Å². The van der Waals surface area contributed by atoms with E-state index in [1.165, 1.54) is 0 Å². The first-order valence-electron chi connectivity index (χ1n) is 4.23. The molecule has 3 heteroatoms. The number of hydrogen-bond acceptors (Lipinski definition) is 3. The van der Waals surface area contributed by atoms with Gasteiger partial charge < -0.3 is 14.9 Å². The van der Waals surface area contributed by atoms with Crippen LogP contribution in [-0.4, -0.2) is 35.6 Å². The number of rotatable bonds is 6. The molecule has 0 radical (unpaired) electrons. The number of epoxide rings is 1. The van der Waals surface area contributed by atoms with Crippen LogP contribution in [0.3, 0.4) is 0 Å². The molecule has 1 saturated heterocycles. The van der Waals surface area contributed by atoms with Gasteiger partial charge in [0.1, 0.15) is 0 Å². The Hall–Kier alpha value is -0.120. The van der Waals surface area contributed by atoms with Crippen LogP contribution in [0.4, 0.5) is 0 Å². The van der Waals surface area contributed by atoms with Crippen molar-refractivity contribution < 1.29 is 14.9 Å². The first-order valence-corrected chi connectivity index (χ1v) is 4.23. The molecule has 0 aromatic heterocycles. The highest BCUT2D eigenvalue weighted by atomic mass is 16.6. The van der Waals surface area contributed by atoms with Gasteiger partial charge in [0.2, 0.25) is 0 Å². The maximum atomic E-state index is 9.32. The fourth-order valence-electron chi connectivity index (χ4n) is 1.12. The Balaban J connectivity index is 1.87. The van der Waals surface area contributed by atoms with Gasteiger partial charge in [-0.1, -0.05) is 0 Å². The van der Waals surface area contributed by atoms with Crippen LogP contribution in [0.5, 0.6) is 0 Å². The summed E-state index contributed by atoms with van der Waals surface area (Å²) in [5, 5.41) is 17.8. The van der Waals surface area contributed by atoms with Crippen molar-refractivity contribution in [1.82, 2.24) is 0 Å². The molecule has 1 aliphatic heterocycles. The van der Waals surface area contributed by atoms with E-state index in [0.29, 0.717) is 6.10 Å². The molecular formula is C8H16O3. The summed E-state index contributed by atoms with van der Waals surface area (Å²) in [5.74, 6) is 0. The van der Waals surface area contributed by atoms with Gasteiger partial charge in [0.15, 0.2) is 0 Å². The van der Waals surface area contributed by atoms with Gasteiger partial charge in [0, 0.05) is 13.0 Å². The summed E-state index contributed by atoms with van der Waals surface area (Å²) in [6.07, 6.45) is 3.35. The normalized spacial score (nSPS) is 25.1. The topological polar surface area (TPSA) is 53.0 Å². The molecule has 0 saturated carbocycles. The minimum absolute atomic E-state index is 0.228. The van der Waals surface area contributed by atoms with Crippen molar-refractivity contribution in [2.45, 2.75) is 37.9 Å². The number of ether oxygens (including phenoxy) is 1. The van der Waals surface area contributed by atoms with Crippen LogP contribution in [0.15, 0.2) is 0 Å². The third-order valence-corrected chi connectivity index (χ3v) is 1.88. The minimum Gasteiger partial charge on any atom is -0.396 e.